The first kappa shape index (κ1) is 15.6. The Morgan fingerprint density at radius 1 is 1.26 bits per heavy atom. The lowest BCUT2D eigenvalue weighted by molar-refractivity contribution is 0.217. The van der Waals surface area contributed by atoms with Crippen LogP contribution in [0.5, 0.6) is 0 Å². The van der Waals surface area contributed by atoms with E-state index in [-0.39, 0.29) is 31.2 Å². The minimum atomic E-state index is -3.78. The average molecular weight is 284 g/mol. The van der Waals surface area contributed by atoms with Gasteiger partial charge in [-0.2, -0.15) is 9.57 Å². The Labute approximate surface area is 112 Å². The van der Waals surface area contributed by atoms with Crippen LogP contribution in [0.4, 0.5) is 0 Å². The Morgan fingerprint density at radius 2 is 1.84 bits per heavy atom. The number of aryl methyl sites for hydroxylation is 1. The number of nitriles is 1. The summed E-state index contributed by atoms with van der Waals surface area (Å²) in [6.45, 7) is 0.789. The van der Waals surface area contributed by atoms with E-state index in [4.69, 9.17) is 15.5 Å². The van der Waals surface area contributed by atoms with Crippen molar-refractivity contribution >= 4 is 10.0 Å². The van der Waals surface area contributed by atoms with Crippen molar-refractivity contribution in [3.8, 4) is 6.07 Å². The van der Waals surface area contributed by atoms with E-state index >= 15 is 0 Å². The van der Waals surface area contributed by atoms with Crippen molar-refractivity contribution in [3.05, 3.63) is 29.3 Å². The molecule has 0 fully saturated rings. The summed E-state index contributed by atoms with van der Waals surface area (Å²) in [6.07, 6.45) is 0. The Kier molecular flexibility index (Phi) is 5.44. The van der Waals surface area contributed by atoms with Gasteiger partial charge in [-0.1, -0.05) is 0 Å². The van der Waals surface area contributed by atoms with Crippen LogP contribution in [0.25, 0.3) is 0 Å². The first-order valence-corrected chi connectivity index (χ1v) is 7.14. The number of rotatable bonds is 6. The van der Waals surface area contributed by atoms with Gasteiger partial charge in [0, 0.05) is 13.1 Å². The standard InChI is InChI=1S/C12H16N2O4S/c1-10-8-11(9-13)2-3-12(10)19(17,18)14(4-6-15)5-7-16/h2-3,8,15-16H,4-7H2,1H3. The van der Waals surface area contributed by atoms with E-state index < -0.39 is 10.0 Å². The summed E-state index contributed by atoms with van der Waals surface area (Å²) in [5, 5.41) is 26.5. The van der Waals surface area contributed by atoms with E-state index in [1.807, 2.05) is 6.07 Å². The molecule has 0 amide bonds. The minimum Gasteiger partial charge on any atom is -0.395 e. The lowest BCUT2D eigenvalue weighted by Crippen LogP contribution is -2.36. The molecule has 0 saturated heterocycles. The molecule has 1 aromatic carbocycles. The maximum absolute atomic E-state index is 12.4. The molecule has 0 atom stereocenters. The number of aliphatic hydroxyl groups is 2. The summed E-state index contributed by atoms with van der Waals surface area (Å²) in [5.74, 6) is 0. The highest BCUT2D eigenvalue weighted by Crippen LogP contribution is 2.20. The minimum absolute atomic E-state index is 0.0772. The quantitative estimate of drug-likeness (QED) is 0.756. The van der Waals surface area contributed by atoms with Crippen molar-refractivity contribution in [1.29, 1.82) is 5.26 Å². The second-order valence-corrected chi connectivity index (χ2v) is 5.85. The second-order valence-electron chi connectivity index (χ2n) is 3.94. The molecule has 0 saturated carbocycles. The fourth-order valence-electron chi connectivity index (χ4n) is 1.72. The van der Waals surface area contributed by atoms with Crippen molar-refractivity contribution in [2.75, 3.05) is 26.3 Å². The number of hydrogen-bond acceptors (Lipinski definition) is 5. The maximum atomic E-state index is 12.4. The van der Waals surface area contributed by atoms with Gasteiger partial charge in [0.05, 0.1) is 29.7 Å². The number of benzene rings is 1. The molecule has 0 unspecified atom stereocenters. The molecular formula is C12H16N2O4S. The summed E-state index contributed by atoms with van der Waals surface area (Å²) in [6, 6.07) is 6.22. The molecule has 0 heterocycles. The predicted octanol–water partition coefficient (Wildman–Crippen LogP) is -0.158. The zero-order valence-electron chi connectivity index (χ0n) is 10.6. The highest BCUT2D eigenvalue weighted by Gasteiger charge is 2.25. The molecule has 0 aliphatic rings. The third-order valence-electron chi connectivity index (χ3n) is 2.62. The molecule has 2 N–H and O–H groups in total. The molecule has 0 spiro atoms. The maximum Gasteiger partial charge on any atom is 0.243 e. The van der Waals surface area contributed by atoms with Crippen molar-refractivity contribution in [2.45, 2.75) is 11.8 Å². The lowest BCUT2D eigenvalue weighted by Gasteiger charge is -2.21. The monoisotopic (exact) mass is 284 g/mol. The predicted molar refractivity (Wildman–Crippen MR) is 68.8 cm³/mol. The molecule has 104 valence electrons. The number of nitrogens with zero attached hydrogens (tertiary/aromatic N) is 2. The van der Waals surface area contributed by atoms with Gasteiger partial charge in [-0.3, -0.25) is 0 Å². The summed E-state index contributed by atoms with van der Waals surface area (Å²) < 4.78 is 25.7. The first-order chi connectivity index (χ1) is 8.97. The molecule has 1 aromatic rings. The van der Waals surface area contributed by atoms with Gasteiger partial charge in [0.25, 0.3) is 0 Å². The van der Waals surface area contributed by atoms with Gasteiger partial charge >= 0.3 is 0 Å². The third kappa shape index (κ3) is 3.52. The second kappa shape index (κ2) is 6.63. The summed E-state index contributed by atoms with van der Waals surface area (Å²) >= 11 is 0. The van der Waals surface area contributed by atoms with E-state index in [1.54, 1.807) is 6.92 Å². The molecule has 0 aliphatic carbocycles. The molecule has 6 nitrogen and oxygen atoms in total. The first-order valence-electron chi connectivity index (χ1n) is 5.70. The van der Waals surface area contributed by atoms with Gasteiger partial charge < -0.3 is 10.2 Å². The smallest absolute Gasteiger partial charge is 0.243 e. The van der Waals surface area contributed by atoms with Crippen molar-refractivity contribution < 1.29 is 18.6 Å². The van der Waals surface area contributed by atoms with Crippen LogP contribution in [0.15, 0.2) is 23.1 Å². The van der Waals surface area contributed by atoms with Gasteiger partial charge in [0.2, 0.25) is 10.0 Å². The molecule has 0 bridgehead atoms. The SMILES string of the molecule is Cc1cc(C#N)ccc1S(=O)(=O)N(CCO)CCO. The topological polar surface area (TPSA) is 102 Å². The average Bonchev–Trinajstić information content (AvgIpc) is 2.38. The Hall–Kier alpha value is -1.46. The molecule has 7 heteroatoms. The number of hydrogen-bond donors (Lipinski definition) is 2. The molecule has 1 rings (SSSR count). The van der Waals surface area contributed by atoms with E-state index in [0.717, 1.165) is 4.31 Å². The molecule has 19 heavy (non-hydrogen) atoms. The summed E-state index contributed by atoms with van der Waals surface area (Å²) in [7, 11) is -3.78. The van der Waals surface area contributed by atoms with E-state index in [2.05, 4.69) is 0 Å². The molecule has 0 radical (unpaired) electrons. The third-order valence-corrected chi connectivity index (χ3v) is 4.68. The van der Waals surface area contributed by atoms with Gasteiger partial charge in [-0.05, 0) is 30.7 Å². The Balaban J connectivity index is 3.22. The van der Waals surface area contributed by atoms with Crippen molar-refractivity contribution in [2.24, 2.45) is 0 Å². The van der Waals surface area contributed by atoms with Gasteiger partial charge in [-0.25, -0.2) is 8.42 Å². The van der Waals surface area contributed by atoms with Crippen LogP contribution < -0.4 is 0 Å². The highest BCUT2D eigenvalue weighted by molar-refractivity contribution is 7.89. The van der Waals surface area contributed by atoms with Crippen LogP contribution in [-0.2, 0) is 10.0 Å². The zero-order valence-corrected chi connectivity index (χ0v) is 11.4. The summed E-state index contributed by atoms with van der Waals surface area (Å²) in [5.41, 5.74) is 0.840. The molecule has 0 aliphatic heterocycles. The van der Waals surface area contributed by atoms with Crippen LogP contribution in [-0.4, -0.2) is 49.2 Å². The van der Waals surface area contributed by atoms with Gasteiger partial charge in [-0.15, -0.1) is 0 Å². The van der Waals surface area contributed by atoms with Crippen LogP contribution >= 0.6 is 0 Å². The largest absolute Gasteiger partial charge is 0.395 e. The van der Waals surface area contributed by atoms with E-state index in [9.17, 15) is 8.42 Å². The normalized spacial score (nSPS) is 11.5. The Morgan fingerprint density at radius 3 is 2.26 bits per heavy atom. The van der Waals surface area contributed by atoms with Crippen molar-refractivity contribution in [1.82, 2.24) is 4.31 Å². The van der Waals surface area contributed by atoms with Crippen LogP contribution in [0.1, 0.15) is 11.1 Å². The highest BCUT2D eigenvalue weighted by atomic mass is 32.2. The van der Waals surface area contributed by atoms with Crippen molar-refractivity contribution in [3.63, 3.8) is 0 Å². The van der Waals surface area contributed by atoms with E-state index in [0.29, 0.717) is 11.1 Å². The van der Waals surface area contributed by atoms with Gasteiger partial charge in [0.1, 0.15) is 0 Å². The fraction of sp³-hybridized carbons (Fsp3) is 0.417. The molecule has 0 aromatic heterocycles. The van der Waals surface area contributed by atoms with Gasteiger partial charge in [0.15, 0.2) is 0 Å². The van der Waals surface area contributed by atoms with Crippen LogP contribution in [0.3, 0.4) is 0 Å². The fourth-order valence-corrected chi connectivity index (χ4v) is 3.35. The van der Waals surface area contributed by atoms with E-state index in [1.165, 1.54) is 18.2 Å². The number of aliphatic hydroxyl groups excluding tert-OH is 2. The Bertz CT molecular complexity index is 572. The summed E-state index contributed by atoms with van der Waals surface area (Å²) in [4.78, 5) is 0.0772. The molecular weight excluding hydrogens is 268 g/mol. The zero-order chi connectivity index (χ0) is 14.5. The van der Waals surface area contributed by atoms with Crippen LogP contribution in [0.2, 0.25) is 0 Å². The lowest BCUT2D eigenvalue weighted by atomic mass is 10.2. The van der Waals surface area contributed by atoms with Crippen LogP contribution in [0, 0.1) is 18.3 Å². The number of sulfonamides is 1.